The summed E-state index contributed by atoms with van der Waals surface area (Å²) < 4.78 is 29.2. The molecule has 0 bridgehead atoms. The maximum Gasteiger partial charge on any atom is 0.359 e. The first-order valence-corrected chi connectivity index (χ1v) is 11.0. The van der Waals surface area contributed by atoms with Gasteiger partial charge in [-0.1, -0.05) is 13.3 Å². The molecule has 0 aliphatic carbocycles. The number of amides is 1. The van der Waals surface area contributed by atoms with E-state index >= 15 is 0 Å². The fourth-order valence-corrected chi connectivity index (χ4v) is 3.68. The lowest BCUT2D eigenvalue weighted by Gasteiger charge is -2.17. The molecule has 1 aromatic heterocycles. The van der Waals surface area contributed by atoms with Crippen molar-refractivity contribution in [2.75, 3.05) is 18.1 Å². The molecular weight excluding hydrogens is 412 g/mol. The molecule has 0 saturated carbocycles. The Hall–Kier alpha value is -3.05. The maximum absolute atomic E-state index is 12.5. The van der Waals surface area contributed by atoms with Gasteiger partial charge in [0.2, 0.25) is 10.0 Å². The fourth-order valence-electron chi connectivity index (χ4n) is 3.12. The first-order valence-electron chi connectivity index (χ1n) is 9.42. The number of benzene rings is 1. The smallest absolute Gasteiger partial charge is 0.359 e. The summed E-state index contributed by atoms with van der Waals surface area (Å²) in [5.41, 5.74) is 0.849. The van der Waals surface area contributed by atoms with Gasteiger partial charge in [-0.2, -0.15) is 5.10 Å². The highest BCUT2D eigenvalue weighted by Crippen LogP contribution is 2.30. The topological polar surface area (TPSA) is 142 Å². The van der Waals surface area contributed by atoms with Gasteiger partial charge in [0.25, 0.3) is 11.5 Å². The van der Waals surface area contributed by atoms with Crippen molar-refractivity contribution in [2.24, 2.45) is 5.14 Å². The molecule has 160 valence electrons. The molecule has 0 fully saturated rings. The zero-order chi connectivity index (χ0) is 21.9. The third-order valence-electron chi connectivity index (χ3n) is 4.70. The summed E-state index contributed by atoms with van der Waals surface area (Å²) in [4.78, 5) is 38.0. The molecule has 1 aromatic carbocycles. The Bertz CT molecular complexity index is 1140. The third-order valence-corrected chi connectivity index (χ3v) is 5.61. The van der Waals surface area contributed by atoms with Crippen LogP contribution in [0.5, 0.6) is 0 Å². The number of carbonyl (C=O) groups excluding carboxylic acids is 2. The van der Waals surface area contributed by atoms with Gasteiger partial charge in [-0.25, -0.2) is 23.0 Å². The average Bonchev–Trinajstić information content (AvgIpc) is 3.14. The number of fused-ring (bicyclic) bond motifs is 1. The van der Waals surface area contributed by atoms with Gasteiger partial charge in [0, 0.05) is 24.8 Å². The minimum absolute atomic E-state index is 0.0220. The van der Waals surface area contributed by atoms with Crippen molar-refractivity contribution < 1.29 is 22.7 Å². The van der Waals surface area contributed by atoms with Crippen LogP contribution in [0.3, 0.4) is 0 Å². The standard InChI is InChI=1S/C19H22N4O6S/c1-2-3-9-23-17(24)7-5-15(21-23)19(26)29-12-18(25)22-10-8-13-11-14(30(20,27)28)4-6-16(13)22/h4-7,11H,2-3,8-10,12H2,1H3,(H2,20,27,28). The van der Waals surface area contributed by atoms with Crippen LogP contribution in [0.25, 0.3) is 0 Å². The monoisotopic (exact) mass is 434 g/mol. The number of unbranched alkanes of at least 4 members (excludes halogenated alkanes) is 1. The molecule has 2 aromatic rings. The molecule has 11 heteroatoms. The Morgan fingerprint density at radius 1 is 1.23 bits per heavy atom. The summed E-state index contributed by atoms with van der Waals surface area (Å²) >= 11 is 0. The van der Waals surface area contributed by atoms with E-state index in [9.17, 15) is 22.8 Å². The van der Waals surface area contributed by atoms with Gasteiger partial charge in [-0.15, -0.1) is 0 Å². The van der Waals surface area contributed by atoms with E-state index in [4.69, 9.17) is 9.88 Å². The van der Waals surface area contributed by atoms with E-state index in [1.807, 2.05) is 6.92 Å². The highest BCUT2D eigenvalue weighted by Gasteiger charge is 2.27. The van der Waals surface area contributed by atoms with E-state index < -0.39 is 28.5 Å². The largest absolute Gasteiger partial charge is 0.451 e. The van der Waals surface area contributed by atoms with E-state index in [1.54, 1.807) is 0 Å². The number of aromatic nitrogens is 2. The molecule has 0 spiro atoms. The fraction of sp³-hybridized carbons (Fsp3) is 0.368. The highest BCUT2D eigenvalue weighted by atomic mass is 32.2. The third kappa shape index (κ3) is 4.74. The number of carbonyl (C=O) groups is 2. The lowest BCUT2D eigenvalue weighted by Crippen LogP contribution is -2.33. The van der Waals surface area contributed by atoms with Gasteiger partial charge in [-0.05, 0) is 42.7 Å². The van der Waals surface area contributed by atoms with Crippen LogP contribution in [0.4, 0.5) is 5.69 Å². The lowest BCUT2D eigenvalue weighted by molar-refractivity contribution is -0.121. The van der Waals surface area contributed by atoms with Gasteiger partial charge in [0.15, 0.2) is 12.3 Å². The second-order valence-electron chi connectivity index (χ2n) is 6.84. The number of ether oxygens (including phenoxy) is 1. The molecule has 0 saturated heterocycles. The van der Waals surface area contributed by atoms with E-state index in [2.05, 4.69) is 5.10 Å². The molecule has 0 radical (unpaired) electrons. The number of anilines is 1. The molecule has 0 atom stereocenters. The Morgan fingerprint density at radius 2 is 2.00 bits per heavy atom. The zero-order valence-corrected chi connectivity index (χ0v) is 17.2. The van der Waals surface area contributed by atoms with Crippen LogP contribution >= 0.6 is 0 Å². The van der Waals surface area contributed by atoms with Crippen molar-refractivity contribution in [2.45, 2.75) is 37.6 Å². The molecule has 1 amide bonds. The van der Waals surface area contributed by atoms with E-state index in [0.29, 0.717) is 30.8 Å². The minimum atomic E-state index is -3.83. The van der Waals surface area contributed by atoms with Crippen molar-refractivity contribution in [3.8, 4) is 0 Å². The number of nitrogens with two attached hydrogens (primary N) is 1. The first kappa shape index (κ1) is 21.7. The molecule has 2 N–H and O–H groups in total. The van der Waals surface area contributed by atoms with Crippen LogP contribution in [0, 0.1) is 0 Å². The Labute approximate surface area is 173 Å². The number of rotatable bonds is 7. The summed E-state index contributed by atoms with van der Waals surface area (Å²) in [5.74, 6) is -1.26. The SMILES string of the molecule is CCCCn1nc(C(=O)OCC(=O)N2CCc3cc(S(N)(=O)=O)ccc32)ccc1=O. The quantitative estimate of drug-likeness (QED) is 0.623. The molecule has 1 aliphatic heterocycles. The van der Waals surface area contributed by atoms with Gasteiger partial charge in [0.1, 0.15) is 0 Å². The van der Waals surface area contributed by atoms with Crippen molar-refractivity contribution in [3.63, 3.8) is 0 Å². The van der Waals surface area contributed by atoms with Crippen LogP contribution < -0.4 is 15.6 Å². The van der Waals surface area contributed by atoms with Crippen LogP contribution in [0.15, 0.2) is 40.0 Å². The van der Waals surface area contributed by atoms with Crippen molar-refractivity contribution >= 4 is 27.6 Å². The average molecular weight is 434 g/mol. The van der Waals surface area contributed by atoms with Crippen molar-refractivity contribution in [3.05, 3.63) is 51.9 Å². The molecule has 0 unspecified atom stereocenters. The number of hydrogen-bond donors (Lipinski definition) is 1. The minimum Gasteiger partial charge on any atom is -0.451 e. The number of aryl methyl sites for hydroxylation is 1. The van der Waals surface area contributed by atoms with Gasteiger partial charge in [-0.3, -0.25) is 9.59 Å². The molecular formula is C19H22N4O6S. The zero-order valence-electron chi connectivity index (χ0n) is 16.4. The Morgan fingerprint density at radius 3 is 2.70 bits per heavy atom. The summed E-state index contributed by atoms with van der Waals surface area (Å²) in [7, 11) is -3.83. The van der Waals surface area contributed by atoms with Crippen LogP contribution in [-0.4, -0.2) is 43.2 Å². The van der Waals surface area contributed by atoms with Gasteiger partial charge in [0.05, 0.1) is 4.90 Å². The predicted octanol–water partition coefficient (Wildman–Crippen LogP) is 0.437. The van der Waals surface area contributed by atoms with Crippen molar-refractivity contribution in [1.82, 2.24) is 9.78 Å². The summed E-state index contributed by atoms with van der Waals surface area (Å²) in [6.07, 6.45) is 2.07. The Kier molecular flexibility index (Phi) is 6.32. The number of primary sulfonamides is 1. The second-order valence-corrected chi connectivity index (χ2v) is 8.40. The molecule has 1 aliphatic rings. The van der Waals surface area contributed by atoms with Gasteiger partial charge < -0.3 is 9.64 Å². The van der Waals surface area contributed by atoms with E-state index in [0.717, 1.165) is 12.8 Å². The number of nitrogens with zero attached hydrogens (tertiary/aromatic N) is 3. The van der Waals surface area contributed by atoms with Crippen LogP contribution in [0.2, 0.25) is 0 Å². The summed E-state index contributed by atoms with van der Waals surface area (Å²) in [6.45, 7) is 2.19. The Balaban J connectivity index is 1.66. The summed E-state index contributed by atoms with van der Waals surface area (Å²) in [5, 5.41) is 9.13. The van der Waals surface area contributed by atoms with Crippen LogP contribution in [-0.2, 0) is 32.5 Å². The summed E-state index contributed by atoms with van der Waals surface area (Å²) in [6, 6.07) is 6.77. The molecule has 10 nitrogen and oxygen atoms in total. The van der Waals surface area contributed by atoms with Crippen molar-refractivity contribution in [1.29, 1.82) is 0 Å². The number of sulfonamides is 1. The number of hydrogen-bond acceptors (Lipinski definition) is 7. The normalized spacial score (nSPS) is 13.2. The van der Waals surface area contributed by atoms with Gasteiger partial charge >= 0.3 is 5.97 Å². The predicted molar refractivity (Wildman–Crippen MR) is 108 cm³/mol. The van der Waals surface area contributed by atoms with Crippen LogP contribution in [0.1, 0.15) is 35.8 Å². The molecule has 2 heterocycles. The molecule has 3 rings (SSSR count). The second kappa shape index (κ2) is 8.76. The first-order chi connectivity index (χ1) is 14.2. The lowest BCUT2D eigenvalue weighted by atomic mass is 10.2. The number of esters is 1. The highest BCUT2D eigenvalue weighted by molar-refractivity contribution is 7.89. The molecule has 30 heavy (non-hydrogen) atoms. The maximum atomic E-state index is 12.5. The van der Waals surface area contributed by atoms with E-state index in [1.165, 1.54) is 39.9 Å². The van der Waals surface area contributed by atoms with E-state index in [-0.39, 0.29) is 16.1 Å².